The lowest BCUT2D eigenvalue weighted by Crippen LogP contribution is -1.86. The molecule has 0 N–H and O–H groups in total. The summed E-state index contributed by atoms with van der Waals surface area (Å²) >= 11 is 3.35. The highest BCUT2D eigenvalue weighted by molar-refractivity contribution is 9.10. The maximum atomic E-state index is 10.6. The van der Waals surface area contributed by atoms with E-state index in [0.29, 0.717) is 5.69 Å². The highest BCUT2D eigenvalue weighted by Gasteiger charge is 2.04. The number of benzene rings is 2. The fraction of sp³-hybridized carbons (Fsp3) is 0. The van der Waals surface area contributed by atoms with E-state index in [-0.39, 0.29) is 5.69 Å². The van der Waals surface area contributed by atoms with Crippen LogP contribution in [0.25, 0.3) is 0 Å². The predicted molar refractivity (Wildman–Crippen MR) is 74.5 cm³/mol. The molecule has 0 radical (unpaired) electrons. The highest BCUT2D eigenvalue weighted by Crippen LogP contribution is 2.19. The van der Waals surface area contributed by atoms with E-state index in [1.807, 2.05) is 24.3 Å². The van der Waals surface area contributed by atoms with Crippen LogP contribution in [0.5, 0.6) is 0 Å². The molecule has 0 fully saturated rings. The topological polar surface area (TPSA) is 55.5 Å². The van der Waals surface area contributed by atoms with Crippen LogP contribution in [0, 0.1) is 10.1 Å². The van der Waals surface area contributed by atoms with Gasteiger partial charge in [0.15, 0.2) is 0 Å². The third-order valence-electron chi connectivity index (χ3n) is 2.27. The van der Waals surface area contributed by atoms with E-state index >= 15 is 0 Å². The van der Waals surface area contributed by atoms with E-state index in [1.165, 1.54) is 12.1 Å². The summed E-state index contributed by atoms with van der Waals surface area (Å²) in [5.74, 6) is 0. The van der Waals surface area contributed by atoms with Crippen LogP contribution in [0.3, 0.4) is 0 Å². The molecule has 0 aliphatic heterocycles. The van der Waals surface area contributed by atoms with Gasteiger partial charge in [-0.2, -0.15) is 0 Å². The summed E-state index contributed by atoms with van der Waals surface area (Å²) in [7, 11) is 0. The van der Waals surface area contributed by atoms with Crippen LogP contribution in [0.15, 0.2) is 58.0 Å². The average Bonchev–Trinajstić information content (AvgIpc) is 2.38. The molecule has 0 aliphatic rings. The van der Waals surface area contributed by atoms with Crippen LogP contribution < -0.4 is 0 Å². The van der Waals surface area contributed by atoms with Gasteiger partial charge in [0.2, 0.25) is 0 Å². The second-order valence-corrected chi connectivity index (χ2v) is 4.50. The molecule has 0 amide bonds. The van der Waals surface area contributed by atoms with Gasteiger partial charge in [0.25, 0.3) is 5.69 Å². The fourth-order valence-corrected chi connectivity index (χ4v) is 1.65. The van der Waals surface area contributed by atoms with E-state index in [4.69, 9.17) is 0 Å². The second-order valence-electron chi connectivity index (χ2n) is 3.59. The number of nitro benzene ring substituents is 1. The molecule has 4 nitrogen and oxygen atoms in total. The first kappa shape index (κ1) is 12.4. The van der Waals surface area contributed by atoms with Gasteiger partial charge < -0.3 is 0 Å². The Morgan fingerprint density at radius 2 is 1.89 bits per heavy atom. The maximum absolute atomic E-state index is 10.6. The molecule has 0 saturated carbocycles. The van der Waals surface area contributed by atoms with E-state index < -0.39 is 4.92 Å². The summed E-state index contributed by atoms with van der Waals surface area (Å²) < 4.78 is 0.995. The van der Waals surface area contributed by atoms with E-state index in [2.05, 4.69) is 20.9 Å². The Kier molecular flexibility index (Phi) is 3.84. The summed E-state index contributed by atoms with van der Waals surface area (Å²) in [6.45, 7) is 0. The van der Waals surface area contributed by atoms with Crippen LogP contribution in [0.1, 0.15) is 5.56 Å². The first-order valence-corrected chi connectivity index (χ1v) is 5.98. The molecule has 2 rings (SSSR count). The van der Waals surface area contributed by atoms with Crippen molar-refractivity contribution in [2.45, 2.75) is 0 Å². The third kappa shape index (κ3) is 3.24. The normalized spacial score (nSPS) is 10.7. The first-order chi connectivity index (χ1) is 8.65. The van der Waals surface area contributed by atoms with Crippen LogP contribution >= 0.6 is 15.9 Å². The number of nitro groups is 1. The van der Waals surface area contributed by atoms with E-state index in [1.54, 1.807) is 18.3 Å². The molecule has 0 atom stereocenters. The molecule has 5 heteroatoms. The number of non-ortho nitro benzene ring substituents is 1. The van der Waals surface area contributed by atoms with Gasteiger partial charge in [-0.15, -0.1) is 0 Å². The van der Waals surface area contributed by atoms with Gasteiger partial charge in [0, 0.05) is 22.8 Å². The van der Waals surface area contributed by atoms with Gasteiger partial charge in [-0.25, -0.2) is 0 Å². The smallest absolute Gasteiger partial charge is 0.258 e. The van der Waals surface area contributed by atoms with Crippen molar-refractivity contribution >= 4 is 33.5 Å². The summed E-state index contributed by atoms with van der Waals surface area (Å²) in [5, 5.41) is 10.6. The van der Waals surface area contributed by atoms with Crippen LogP contribution in [0.2, 0.25) is 0 Å². The van der Waals surface area contributed by atoms with Crippen LogP contribution in [0.4, 0.5) is 11.4 Å². The largest absolute Gasteiger partial charge is 0.271 e. The van der Waals surface area contributed by atoms with Gasteiger partial charge in [-0.1, -0.05) is 34.1 Å². The Hall–Kier alpha value is -2.01. The number of hydrogen-bond acceptors (Lipinski definition) is 3. The minimum absolute atomic E-state index is 0.0421. The van der Waals surface area contributed by atoms with Crippen molar-refractivity contribution in [2.24, 2.45) is 4.99 Å². The molecule has 18 heavy (non-hydrogen) atoms. The van der Waals surface area contributed by atoms with E-state index in [9.17, 15) is 10.1 Å². The molecule has 0 saturated heterocycles. The average molecular weight is 305 g/mol. The predicted octanol–water partition coefficient (Wildman–Crippen LogP) is 4.11. The zero-order valence-electron chi connectivity index (χ0n) is 9.29. The fourth-order valence-electron chi connectivity index (χ4n) is 1.38. The SMILES string of the molecule is O=[N+]([O-])c1cccc(N=Cc2ccc(Br)cc2)c1. The summed E-state index contributed by atoms with van der Waals surface area (Å²) in [4.78, 5) is 14.4. The summed E-state index contributed by atoms with van der Waals surface area (Å²) in [6, 6.07) is 13.9. The van der Waals surface area contributed by atoms with Crippen molar-refractivity contribution in [1.82, 2.24) is 0 Å². The Balaban J connectivity index is 2.20. The molecule has 90 valence electrons. The molecule has 0 aromatic heterocycles. The number of halogens is 1. The van der Waals surface area contributed by atoms with Crippen molar-refractivity contribution in [3.8, 4) is 0 Å². The number of hydrogen-bond donors (Lipinski definition) is 0. The maximum Gasteiger partial charge on any atom is 0.271 e. The summed E-state index contributed by atoms with van der Waals surface area (Å²) in [5.41, 5.74) is 1.54. The van der Waals surface area contributed by atoms with Crippen LogP contribution in [-0.4, -0.2) is 11.1 Å². The van der Waals surface area contributed by atoms with Crippen molar-refractivity contribution in [3.05, 3.63) is 68.7 Å². The lowest BCUT2D eigenvalue weighted by molar-refractivity contribution is -0.384. The second kappa shape index (κ2) is 5.55. The van der Waals surface area contributed by atoms with Gasteiger partial charge >= 0.3 is 0 Å². The van der Waals surface area contributed by atoms with Crippen molar-refractivity contribution in [2.75, 3.05) is 0 Å². The number of rotatable bonds is 3. The first-order valence-electron chi connectivity index (χ1n) is 5.19. The van der Waals surface area contributed by atoms with Gasteiger partial charge in [-0.3, -0.25) is 15.1 Å². The highest BCUT2D eigenvalue weighted by atomic mass is 79.9. The van der Waals surface area contributed by atoms with E-state index in [0.717, 1.165) is 10.0 Å². The minimum Gasteiger partial charge on any atom is -0.258 e. The Bertz CT molecular complexity index is 594. The number of aliphatic imine (C=N–C) groups is 1. The standard InChI is InChI=1S/C13H9BrN2O2/c14-11-6-4-10(5-7-11)9-15-12-2-1-3-13(8-12)16(17)18/h1-9H. The Morgan fingerprint density at radius 1 is 1.17 bits per heavy atom. The van der Waals surface area contributed by atoms with Gasteiger partial charge in [-0.05, 0) is 23.8 Å². The van der Waals surface area contributed by atoms with Crippen molar-refractivity contribution in [3.63, 3.8) is 0 Å². The molecular weight excluding hydrogens is 296 g/mol. The lowest BCUT2D eigenvalue weighted by atomic mass is 10.2. The Morgan fingerprint density at radius 3 is 2.56 bits per heavy atom. The molecule has 2 aromatic carbocycles. The monoisotopic (exact) mass is 304 g/mol. The van der Waals surface area contributed by atoms with Crippen molar-refractivity contribution < 1.29 is 4.92 Å². The molecule has 0 bridgehead atoms. The lowest BCUT2D eigenvalue weighted by Gasteiger charge is -1.95. The quantitative estimate of drug-likeness (QED) is 0.487. The van der Waals surface area contributed by atoms with Gasteiger partial charge in [0.1, 0.15) is 0 Å². The zero-order valence-corrected chi connectivity index (χ0v) is 10.9. The minimum atomic E-state index is -0.432. The van der Waals surface area contributed by atoms with Crippen LogP contribution in [-0.2, 0) is 0 Å². The Labute approximate surface area is 112 Å². The molecule has 0 aliphatic carbocycles. The molecule has 2 aromatic rings. The molecule has 0 spiro atoms. The molecule has 0 heterocycles. The summed E-state index contributed by atoms with van der Waals surface area (Å²) in [6.07, 6.45) is 1.67. The molecular formula is C13H9BrN2O2. The molecule has 0 unspecified atom stereocenters. The zero-order chi connectivity index (χ0) is 13.0. The third-order valence-corrected chi connectivity index (χ3v) is 2.80. The van der Waals surface area contributed by atoms with Crippen molar-refractivity contribution in [1.29, 1.82) is 0 Å². The number of nitrogens with zero attached hydrogens (tertiary/aromatic N) is 2. The van der Waals surface area contributed by atoms with Gasteiger partial charge in [0.05, 0.1) is 10.6 Å².